The summed E-state index contributed by atoms with van der Waals surface area (Å²) in [6.45, 7) is 3.94. The summed E-state index contributed by atoms with van der Waals surface area (Å²) in [5, 5.41) is 2.30. The molecule has 0 fully saturated rings. The number of halogens is 1. The maximum Gasteiger partial charge on any atom is 0.293 e. The van der Waals surface area contributed by atoms with Crippen LogP contribution >= 0.6 is 28.1 Å². The second kappa shape index (κ2) is 9.00. The van der Waals surface area contributed by atoms with Crippen LogP contribution in [-0.2, 0) is 0 Å². The van der Waals surface area contributed by atoms with Crippen molar-refractivity contribution in [1.82, 2.24) is 16.2 Å². The first-order valence-electron chi connectivity index (χ1n) is 7.00. The van der Waals surface area contributed by atoms with E-state index < -0.39 is 11.8 Å². The first kappa shape index (κ1) is 18.7. The van der Waals surface area contributed by atoms with Crippen LogP contribution in [0.4, 0.5) is 0 Å². The van der Waals surface area contributed by atoms with Gasteiger partial charge in [-0.05, 0) is 64.5 Å². The fourth-order valence-corrected chi connectivity index (χ4v) is 2.13. The number of hydrogen-bond acceptors (Lipinski definition) is 5. The Labute approximate surface area is 157 Å². The molecule has 1 aromatic heterocycles. The van der Waals surface area contributed by atoms with Crippen molar-refractivity contribution in [3.05, 3.63) is 65.0 Å². The fraction of sp³-hybridized carbons (Fsp3) is 0.0625. The van der Waals surface area contributed by atoms with Gasteiger partial charge in [0.1, 0.15) is 12.4 Å². The van der Waals surface area contributed by atoms with Crippen LogP contribution in [-0.4, -0.2) is 23.5 Å². The van der Waals surface area contributed by atoms with Gasteiger partial charge in [-0.3, -0.25) is 25.8 Å². The van der Waals surface area contributed by atoms with Crippen molar-refractivity contribution in [2.45, 2.75) is 0 Å². The van der Waals surface area contributed by atoms with Crippen molar-refractivity contribution in [2.75, 3.05) is 6.61 Å². The average Bonchev–Trinajstić information content (AvgIpc) is 3.05. The van der Waals surface area contributed by atoms with E-state index in [2.05, 4.69) is 38.7 Å². The summed E-state index contributed by atoms with van der Waals surface area (Å²) in [6, 6.07) is 9.57. The monoisotopic (exact) mass is 423 g/mol. The molecule has 0 aliphatic heterocycles. The number of thiocarbonyl (C=S) groups is 1. The maximum absolute atomic E-state index is 12.0. The second-order valence-corrected chi connectivity index (χ2v) is 5.78. The SMILES string of the molecule is C=CCOc1ccc(C(=O)NNC(=S)NC(=O)c2ccc(Br)o2)cc1. The van der Waals surface area contributed by atoms with Crippen molar-refractivity contribution in [1.29, 1.82) is 0 Å². The van der Waals surface area contributed by atoms with E-state index in [1.807, 2.05) is 0 Å². The molecule has 0 spiro atoms. The Bertz CT molecular complexity index is 789. The Hall–Kier alpha value is -2.65. The predicted octanol–water partition coefficient (Wildman–Crippen LogP) is 2.56. The number of benzene rings is 1. The highest BCUT2D eigenvalue weighted by Gasteiger charge is 2.12. The Balaban J connectivity index is 1.81. The number of hydrogen-bond donors (Lipinski definition) is 3. The van der Waals surface area contributed by atoms with Crippen LogP contribution < -0.4 is 20.9 Å². The lowest BCUT2D eigenvalue weighted by Gasteiger charge is -2.10. The summed E-state index contributed by atoms with van der Waals surface area (Å²) in [7, 11) is 0. The van der Waals surface area contributed by atoms with Crippen molar-refractivity contribution < 1.29 is 18.7 Å². The topological polar surface area (TPSA) is 92.6 Å². The Morgan fingerprint density at radius 1 is 1.16 bits per heavy atom. The molecular formula is C16H14BrN3O4S. The zero-order valence-corrected chi connectivity index (χ0v) is 15.3. The molecule has 1 aromatic carbocycles. The highest BCUT2D eigenvalue weighted by Crippen LogP contribution is 2.14. The van der Waals surface area contributed by atoms with Gasteiger partial charge in [-0.15, -0.1) is 0 Å². The third-order valence-electron chi connectivity index (χ3n) is 2.80. The molecule has 0 unspecified atom stereocenters. The van der Waals surface area contributed by atoms with Crippen molar-refractivity contribution >= 4 is 45.1 Å². The normalized spacial score (nSPS) is 9.80. The highest BCUT2D eigenvalue weighted by molar-refractivity contribution is 9.10. The maximum atomic E-state index is 12.0. The first-order chi connectivity index (χ1) is 12.0. The van der Waals surface area contributed by atoms with Gasteiger partial charge in [-0.1, -0.05) is 12.7 Å². The van der Waals surface area contributed by atoms with Gasteiger partial charge in [0.15, 0.2) is 15.5 Å². The summed E-state index contributed by atoms with van der Waals surface area (Å²) < 4.78 is 10.8. The van der Waals surface area contributed by atoms with Gasteiger partial charge in [-0.2, -0.15) is 0 Å². The van der Waals surface area contributed by atoms with Crippen LogP contribution in [0.25, 0.3) is 0 Å². The van der Waals surface area contributed by atoms with Crippen LogP contribution in [0.3, 0.4) is 0 Å². The number of hydrazine groups is 1. The molecule has 1 heterocycles. The van der Waals surface area contributed by atoms with E-state index in [4.69, 9.17) is 21.4 Å². The van der Waals surface area contributed by atoms with Crippen LogP contribution in [0.15, 0.2) is 58.1 Å². The minimum absolute atomic E-state index is 0.0724. The number of ether oxygens (including phenoxy) is 1. The number of rotatable bonds is 5. The molecule has 0 atom stereocenters. The standard InChI is InChI=1S/C16H14BrN3O4S/c1-2-9-23-11-5-3-10(4-6-11)14(21)19-20-16(25)18-15(22)12-7-8-13(17)24-12/h2-8H,1,9H2,(H,19,21)(H2,18,20,22,25). The average molecular weight is 424 g/mol. The van der Waals surface area contributed by atoms with E-state index in [1.165, 1.54) is 6.07 Å². The van der Waals surface area contributed by atoms with Crippen LogP contribution in [0.1, 0.15) is 20.9 Å². The molecule has 0 aliphatic carbocycles. The largest absolute Gasteiger partial charge is 0.490 e. The lowest BCUT2D eigenvalue weighted by molar-refractivity contribution is 0.0926. The quantitative estimate of drug-likeness (QED) is 0.388. The van der Waals surface area contributed by atoms with Gasteiger partial charge in [0, 0.05) is 5.56 Å². The Morgan fingerprint density at radius 3 is 2.48 bits per heavy atom. The molecule has 7 nitrogen and oxygen atoms in total. The smallest absolute Gasteiger partial charge is 0.293 e. The lowest BCUT2D eigenvalue weighted by atomic mass is 10.2. The van der Waals surface area contributed by atoms with E-state index in [9.17, 15) is 9.59 Å². The third-order valence-corrected chi connectivity index (χ3v) is 3.43. The molecule has 0 bridgehead atoms. The van der Waals surface area contributed by atoms with E-state index in [-0.39, 0.29) is 10.9 Å². The van der Waals surface area contributed by atoms with E-state index in [0.29, 0.717) is 22.6 Å². The molecule has 2 amide bonds. The van der Waals surface area contributed by atoms with Crippen molar-refractivity contribution in [3.63, 3.8) is 0 Å². The summed E-state index contributed by atoms with van der Waals surface area (Å²) in [6.07, 6.45) is 1.63. The third kappa shape index (κ3) is 5.73. The number of furan rings is 1. The number of amides is 2. The molecule has 0 saturated heterocycles. The molecule has 2 aromatic rings. The zero-order valence-electron chi connectivity index (χ0n) is 12.9. The van der Waals surface area contributed by atoms with Crippen molar-refractivity contribution in [2.24, 2.45) is 0 Å². The molecule has 2 rings (SSSR count). The summed E-state index contributed by atoms with van der Waals surface area (Å²) in [4.78, 5) is 23.8. The van der Waals surface area contributed by atoms with Crippen LogP contribution in [0.5, 0.6) is 5.75 Å². The first-order valence-corrected chi connectivity index (χ1v) is 8.20. The van der Waals surface area contributed by atoms with Gasteiger partial charge in [0.05, 0.1) is 0 Å². The highest BCUT2D eigenvalue weighted by atomic mass is 79.9. The lowest BCUT2D eigenvalue weighted by Crippen LogP contribution is -2.48. The molecule has 3 N–H and O–H groups in total. The molecule has 0 saturated carbocycles. The van der Waals surface area contributed by atoms with Crippen LogP contribution in [0.2, 0.25) is 0 Å². The molecule has 130 valence electrons. The second-order valence-electron chi connectivity index (χ2n) is 4.59. The van der Waals surface area contributed by atoms with E-state index >= 15 is 0 Å². The predicted molar refractivity (Wildman–Crippen MR) is 99.2 cm³/mol. The molecule has 0 aliphatic rings. The number of carbonyl (C=O) groups is 2. The molecular weight excluding hydrogens is 410 g/mol. The zero-order chi connectivity index (χ0) is 18.2. The van der Waals surface area contributed by atoms with Gasteiger partial charge >= 0.3 is 0 Å². The molecule has 9 heteroatoms. The van der Waals surface area contributed by atoms with Gasteiger partial charge in [-0.25, -0.2) is 0 Å². The van der Waals surface area contributed by atoms with E-state index in [0.717, 1.165) is 0 Å². The molecule has 0 radical (unpaired) electrons. The summed E-state index contributed by atoms with van der Waals surface area (Å²) >= 11 is 8.03. The minimum atomic E-state index is -0.541. The van der Waals surface area contributed by atoms with Crippen LogP contribution in [0, 0.1) is 0 Å². The summed E-state index contributed by atoms with van der Waals surface area (Å²) in [5.74, 6) is -0.261. The van der Waals surface area contributed by atoms with E-state index in [1.54, 1.807) is 36.4 Å². The number of carbonyl (C=O) groups excluding carboxylic acids is 2. The van der Waals surface area contributed by atoms with Gasteiger partial charge in [0.2, 0.25) is 0 Å². The number of nitrogens with one attached hydrogen (secondary N) is 3. The van der Waals surface area contributed by atoms with Gasteiger partial charge in [0.25, 0.3) is 11.8 Å². The van der Waals surface area contributed by atoms with Crippen molar-refractivity contribution in [3.8, 4) is 5.75 Å². The minimum Gasteiger partial charge on any atom is -0.490 e. The Kier molecular flexibility index (Phi) is 6.72. The Morgan fingerprint density at radius 2 is 1.88 bits per heavy atom. The van der Waals surface area contributed by atoms with Gasteiger partial charge < -0.3 is 9.15 Å². The molecule has 25 heavy (non-hydrogen) atoms. The summed E-state index contributed by atoms with van der Waals surface area (Å²) in [5.41, 5.74) is 5.21. The fourth-order valence-electron chi connectivity index (χ4n) is 1.68.